The van der Waals surface area contributed by atoms with Crippen LogP contribution in [0, 0.1) is 28.1 Å². The highest BCUT2D eigenvalue weighted by molar-refractivity contribution is 5.15. The number of hydrogen-bond donors (Lipinski definition) is 0. The standard InChI is InChI=1S/C12H17N3O/c13-9-12(10-14)3-5-15(6-4-12)8-11-2-1-7-16-11/h11H,1-8H2. The normalized spacial score (nSPS) is 29.5. The topological polar surface area (TPSA) is 60.0 Å². The van der Waals surface area contributed by atoms with E-state index in [0.29, 0.717) is 18.9 Å². The number of rotatable bonds is 2. The molecular weight excluding hydrogens is 202 g/mol. The van der Waals surface area contributed by atoms with Crippen molar-refractivity contribution >= 4 is 0 Å². The van der Waals surface area contributed by atoms with Gasteiger partial charge in [-0.05, 0) is 25.7 Å². The highest BCUT2D eigenvalue weighted by Gasteiger charge is 2.35. The van der Waals surface area contributed by atoms with E-state index >= 15 is 0 Å². The van der Waals surface area contributed by atoms with E-state index in [-0.39, 0.29) is 0 Å². The summed E-state index contributed by atoms with van der Waals surface area (Å²) < 4.78 is 5.59. The first-order valence-electron chi connectivity index (χ1n) is 5.94. The second kappa shape index (κ2) is 4.82. The van der Waals surface area contributed by atoms with Crippen molar-refractivity contribution in [1.82, 2.24) is 4.90 Å². The monoisotopic (exact) mass is 219 g/mol. The molecule has 16 heavy (non-hydrogen) atoms. The highest BCUT2D eigenvalue weighted by atomic mass is 16.5. The van der Waals surface area contributed by atoms with Gasteiger partial charge in [0, 0.05) is 26.2 Å². The van der Waals surface area contributed by atoms with Crippen molar-refractivity contribution in [3.63, 3.8) is 0 Å². The molecule has 0 aromatic heterocycles. The Kier molecular flexibility index (Phi) is 3.43. The van der Waals surface area contributed by atoms with Crippen LogP contribution >= 0.6 is 0 Å². The van der Waals surface area contributed by atoms with Crippen molar-refractivity contribution in [3.8, 4) is 12.1 Å². The first-order valence-corrected chi connectivity index (χ1v) is 5.94. The van der Waals surface area contributed by atoms with E-state index in [1.165, 1.54) is 6.42 Å². The molecule has 2 fully saturated rings. The fourth-order valence-corrected chi connectivity index (χ4v) is 2.44. The van der Waals surface area contributed by atoms with Gasteiger partial charge in [-0.25, -0.2) is 0 Å². The van der Waals surface area contributed by atoms with Crippen LogP contribution in [0.2, 0.25) is 0 Å². The molecule has 86 valence electrons. The molecule has 0 aromatic carbocycles. The fourth-order valence-electron chi connectivity index (χ4n) is 2.44. The Morgan fingerprint density at radius 1 is 1.25 bits per heavy atom. The summed E-state index contributed by atoms with van der Waals surface area (Å²) >= 11 is 0. The second-order valence-electron chi connectivity index (χ2n) is 4.74. The molecule has 2 rings (SSSR count). The van der Waals surface area contributed by atoms with Crippen LogP contribution in [-0.2, 0) is 4.74 Å². The molecule has 1 atom stereocenters. The van der Waals surface area contributed by atoms with Gasteiger partial charge < -0.3 is 9.64 Å². The van der Waals surface area contributed by atoms with Gasteiger partial charge in [-0.15, -0.1) is 0 Å². The average molecular weight is 219 g/mol. The van der Waals surface area contributed by atoms with Gasteiger partial charge in [-0.2, -0.15) is 10.5 Å². The smallest absolute Gasteiger partial charge is 0.146 e. The van der Waals surface area contributed by atoms with Gasteiger partial charge in [0.2, 0.25) is 0 Å². The summed E-state index contributed by atoms with van der Waals surface area (Å²) in [7, 11) is 0. The summed E-state index contributed by atoms with van der Waals surface area (Å²) in [4.78, 5) is 2.32. The minimum absolute atomic E-state index is 0.372. The van der Waals surface area contributed by atoms with Crippen molar-refractivity contribution in [2.75, 3.05) is 26.2 Å². The lowest BCUT2D eigenvalue weighted by molar-refractivity contribution is 0.0582. The lowest BCUT2D eigenvalue weighted by atomic mass is 9.81. The van der Waals surface area contributed by atoms with Crippen LogP contribution in [0.25, 0.3) is 0 Å². The number of piperidine rings is 1. The van der Waals surface area contributed by atoms with Crippen LogP contribution < -0.4 is 0 Å². The van der Waals surface area contributed by atoms with E-state index in [0.717, 1.165) is 32.7 Å². The third kappa shape index (κ3) is 2.35. The predicted molar refractivity (Wildman–Crippen MR) is 58.3 cm³/mol. The van der Waals surface area contributed by atoms with Crippen molar-refractivity contribution in [3.05, 3.63) is 0 Å². The van der Waals surface area contributed by atoms with Gasteiger partial charge in [-0.1, -0.05) is 0 Å². The zero-order valence-electron chi connectivity index (χ0n) is 9.48. The van der Waals surface area contributed by atoms with E-state index in [4.69, 9.17) is 15.3 Å². The maximum atomic E-state index is 9.00. The average Bonchev–Trinajstić information content (AvgIpc) is 2.83. The van der Waals surface area contributed by atoms with Gasteiger partial charge in [0.25, 0.3) is 0 Å². The molecule has 2 heterocycles. The molecule has 4 heteroatoms. The lowest BCUT2D eigenvalue weighted by Gasteiger charge is -2.34. The van der Waals surface area contributed by atoms with Gasteiger partial charge >= 0.3 is 0 Å². The summed E-state index contributed by atoms with van der Waals surface area (Å²) in [5, 5.41) is 18.0. The number of ether oxygens (including phenoxy) is 1. The Morgan fingerprint density at radius 2 is 1.94 bits per heavy atom. The minimum atomic E-state index is -0.729. The summed E-state index contributed by atoms with van der Waals surface area (Å²) in [6.45, 7) is 3.55. The molecular formula is C12H17N3O. The second-order valence-corrected chi connectivity index (χ2v) is 4.74. The molecule has 2 saturated heterocycles. The molecule has 2 aliphatic rings. The van der Waals surface area contributed by atoms with Gasteiger partial charge in [0.15, 0.2) is 0 Å². The third-order valence-corrected chi connectivity index (χ3v) is 3.62. The van der Waals surface area contributed by atoms with Crippen molar-refractivity contribution in [2.45, 2.75) is 31.8 Å². The van der Waals surface area contributed by atoms with Crippen molar-refractivity contribution < 1.29 is 4.74 Å². The highest BCUT2D eigenvalue weighted by Crippen LogP contribution is 2.30. The molecule has 1 unspecified atom stereocenters. The molecule has 0 N–H and O–H groups in total. The van der Waals surface area contributed by atoms with E-state index in [1.807, 2.05) is 0 Å². The molecule has 0 saturated carbocycles. The quantitative estimate of drug-likeness (QED) is 0.702. The summed E-state index contributed by atoms with van der Waals surface area (Å²) in [6.07, 6.45) is 4.04. The van der Waals surface area contributed by atoms with Crippen LogP contribution in [0.5, 0.6) is 0 Å². The van der Waals surface area contributed by atoms with Gasteiger partial charge in [0.05, 0.1) is 18.2 Å². The minimum Gasteiger partial charge on any atom is -0.377 e. The molecule has 0 amide bonds. The van der Waals surface area contributed by atoms with Crippen LogP contribution in [0.3, 0.4) is 0 Å². The van der Waals surface area contributed by atoms with Crippen LogP contribution in [0.1, 0.15) is 25.7 Å². The predicted octanol–water partition coefficient (Wildman–Crippen LogP) is 1.29. The van der Waals surface area contributed by atoms with E-state index in [2.05, 4.69) is 17.0 Å². The first-order chi connectivity index (χ1) is 7.78. The van der Waals surface area contributed by atoms with Gasteiger partial charge in [-0.3, -0.25) is 0 Å². The first kappa shape index (κ1) is 11.4. The number of nitrogens with zero attached hydrogens (tertiary/aromatic N) is 3. The Bertz CT molecular complexity index is 298. The largest absolute Gasteiger partial charge is 0.377 e. The number of nitriles is 2. The van der Waals surface area contributed by atoms with Crippen molar-refractivity contribution in [1.29, 1.82) is 10.5 Å². The molecule has 0 aromatic rings. The molecule has 0 aliphatic carbocycles. The summed E-state index contributed by atoms with van der Waals surface area (Å²) in [5.74, 6) is 0. The molecule has 4 nitrogen and oxygen atoms in total. The van der Waals surface area contributed by atoms with E-state index in [9.17, 15) is 0 Å². The van der Waals surface area contributed by atoms with Crippen LogP contribution in [0.4, 0.5) is 0 Å². The molecule has 0 spiro atoms. The maximum absolute atomic E-state index is 9.00. The summed E-state index contributed by atoms with van der Waals surface area (Å²) in [5.41, 5.74) is -0.729. The molecule has 0 radical (unpaired) electrons. The molecule has 0 bridgehead atoms. The fraction of sp³-hybridized carbons (Fsp3) is 0.833. The summed E-state index contributed by atoms with van der Waals surface area (Å²) in [6, 6.07) is 4.32. The molecule has 2 aliphatic heterocycles. The SMILES string of the molecule is N#CC1(C#N)CCN(CC2CCCO2)CC1. The third-order valence-electron chi connectivity index (χ3n) is 3.62. The van der Waals surface area contributed by atoms with Crippen molar-refractivity contribution in [2.24, 2.45) is 5.41 Å². The zero-order valence-corrected chi connectivity index (χ0v) is 9.48. The van der Waals surface area contributed by atoms with Gasteiger partial charge in [0.1, 0.15) is 5.41 Å². The Labute approximate surface area is 96.4 Å². The van der Waals surface area contributed by atoms with E-state index in [1.54, 1.807) is 0 Å². The number of likely N-dealkylation sites (tertiary alicyclic amines) is 1. The lowest BCUT2D eigenvalue weighted by Crippen LogP contribution is -2.42. The Morgan fingerprint density at radius 3 is 2.44 bits per heavy atom. The van der Waals surface area contributed by atoms with Crippen LogP contribution in [0.15, 0.2) is 0 Å². The Balaban J connectivity index is 1.81. The zero-order chi connectivity index (χ0) is 11.4. The maximum Gasteiger partial charge on any atom is 0.146 e. The Hall–Kier alpha value is -1.10. The number of hydrogen-bond acceptors (Lipinski definition) is 4. The van der Waals surface area contributed by atoms with E-state index < -0.39 is 5.41 Å². The van der Waals surface area contributed by atoms with Crippen LogP contribution in [-0.4, -0.2) is 37.2 Å².